The largest absolute Gasteiger partial charge is 0.460 e. The van der Waals surface area contributed by atoms with Gasteiger partial charge in [-0.1, -0.05) is 24.8 Å². The van der Waals surface area contributed by atoms with E-state index in [9.17, 15) is 4.79 Å². The molecule has 0 bridgehead atoms. The Morgan fingerprint density at radius 1 is 1.04 bits per heavy atom. The lowest BCUT2D eigenvalue weighted by atomic mass is 10.2. The number of nitrogens with zero attached hydrogens (tertiary/aromatic N) is 3. The minimum Gasteiger partial charge on any atom is -0.460 e. The van der Waals surface area contributed by atoms with E-state index in [2.05, 4.69) is 16.8 Å². The molecular formula is C19H21N3O2. The van der Waals surface area contributed by atoms with E-state index in [1.165, 1.54) is 0 Å². The van der Waals surface area contributed by atoms with Gasteiger partial charge in [0.25, 0.3) is 0 Å². The van der Waals surface area contributed by atoms with Crippen LogP contribution < -0.4 is 4.90 Å². The van der Waals surface area contributed by atoms with Crippen LogP contribution in [0.1, 0.15) is 6.92 Å². The van der Waals surface area contributed by atoms with Gasteiger partial charge in [0, 0.05) is 18.3 Å². The molecule has 24 heavy (non-hydrogen) atoms. The summed E-state index contributed by atoms with van der Waals surface area (Å²) in [6.07, 6.45) is 0. The van der Waals surface area contributed by atoms with Crippen molar-refractivity contribution in [3.63, 3.8) is 0 Å². The van der Waals surface area contributed by atoms with E-state index >= 15 is 0 Å². The first-order chi connectivity index (χ1) is 11.6. The first kappa shape index (κ1) is 17.4. The summed E-state index contributed by atoms with van der Waals surface area (Å²) in [5, 5.41) is 8.39. The maximum absolute atomic E-state index is 11.3. The lowest BCUT2D eigenvalue weighted by molar-refractivity contribution is -0.138. The van der Waals surface area contributed by atoms with Crippen LogP contribution in [0.2, 0.25) is 0 Å². The molecule has 5 nitrogen and oxygen atoms in total. The first-order valence-electron chi connectivity index (χ1n) is 7.67. The van der Waals surface area contributed by atoms with Gasteiger partial charge >= 0.3 is 5.97 Å². The molecular weight excluding hydrogens is 302 g/mol. The molecule has 0 saturated carbocycles. The molecule has 124 valence electrons. The molecule has 0 unspecified atom stereocenters. The fourth-order valence-corrected chi connectivity index (χ4v) is 1.91. The summed E-state index contributed by atoms with van der Waals surface area (Å²) in [7, 11) is 1.94. The van der Waals surface area contributed by atoms with Gasteiger partial charge < -0.3 is 9.64 Å². The number of ether oxygens (including phenoxy) is 1. The summed E-state index contributed by atoms with van der Waals surface area (Å²) >= 11 is 0. The van der Waals surface area contributed by atoms with Crippen LogP contribution in [-0.2, 0) is 9.53 Å². The third-order valence-electron chi connectivity index (χ3n) is 3.34. The van der Waals surface area contributed by atoms with Gasteiger partial charge in [0.1, 0.15) is 6.61 Å². The van der Waals surface area contributed by atoms with Gasteiger partial charge in [-0.15, -0.1) is 0 Å². The number of hydrogen-bond donors (Lipinski definition) is 0. The topological polar surface area (TPSA) is 54.3 Å². The number of carbonyl (C=O) groups is 1. The second-order valence-electron chi connectivity index (χ2n) is 5.39. The summed E-state index contributed by atoms with van der Waals surface area (Å²) in [5.41, 5.74) is 3.02. The zero-order valence-electron chi connectivity index (χ0n) is 14.0. The highest BCUT2D eigenvalue weighted by Gasteiger charge is 2.05. The first-order valence-corrected chi connectivity index (χ1v) is 7.67. The number of anilines is 1. The molecule has 2 rings (SSSR count). The Bertz CT molecular complexity index is 709. The molecule has 0 radical (unpaired) electrons. The fourth-order valence-electron chi connectivity index (χ4n) is 1.91. The van der Waals surface area contributed by atoms with E-state index in [1.54, 1.807) is 6.92 Å². The highest BCUT2D eigenvalue weighted by Crippen LogP contribution is 2.21. The van der Waals surface area contributed by atoms with Crippen molar-refractivity contribution in [3.05, 3.63) is 66.7 Å². The Hall–Kier alpha value is -2.95. The molecule has 0 aromatic heterocycles. The predicted molar refractivity (Wildman–Crippen MR) is 96.1 cm³/mol. The molecule has 0 fully saturated rings. The zero-order chi connectivity index (χ0) is 17.4. The number of carbonyl (C=O) groups excluding carboxylic acids is 1. The van der Waals surface area contributed by atoms with Crippen molar-refractivity contribution in [2.45, 2.75) is 6.92 Å². The van der Waals surface area contributed by atoms with Crippen LogP contribution in [0.4, 0.5) is 17.1 Å². The molecule has 0 aliphatic carbocycles. The van der Waals surface area contributed by atoms with Crippen molar-refractivity contribution in [1.82, 2.24) is 0 Å². The number of rotatable bonds is 7. The normalized spacial score (nSPS) is 10.6. The Balaban J connectivity index is 1.88. The SMILES string of the molecule is C=C(C)C(=O)OCCN(C)c1ccc(N=Nc2ccccc2)cc1. The van der Waals surface area contributed by atoms with E-state index < -0.39 is 0 Å². The minimum atomic E-state index is -0.361. The number of hydrogen-bond acceptors (Lipinski definition) is 5. The van der Waals surface area contributed by atoms with E-state index in [1.807, 2.05) is 66.5 Å². The van der Waals surface area contributed by atoms with Crippen molar-refractivity contribution in [3.8, 4) is 0 Å². The summed E-state index contributed by atoms with van der Waals surface area (Å²) in [4.78, 5) is 13.3. The summed E-state index contributed by atoms with van der Waals surface area (Å²) in [5.74, 6) is -0.361. The van der Waals surface area contributed by atoms with Gasteiger partial charge in [0.05, 0.1) is 17.9 Å². The standard InChI is InChI=1S/C19H21N3O2/c1-15(2)19(23)24-14-13-22(3)18-11-9-17(10-12-18)21-20-16-7-5-4-6-8-16/h4-12H,1,13-14H2,2-3H3. The molecule has 0 spiro atoms. The third kappa shape index (κ3) is 5.35. The van der Waals surface area contributed by atoms with Crippen LogP contribution in [0.25, 0.3) is 0 Å². The quantitative estimate of drug-likeness (QED) is 0.423. The zero-order valence-corrected chi connectivity index (χ0v) is 14.0. The number of azo groups is 1. The average Bonchev–Trinajstić information content (AvgIpc) is 2.61. The Morgan fingerprint density at radius 2 is 1.62 bits per heavy atom. The Morgan fingerprint density at radius 3 is 2.21 bits per heavy atom. The molecule has 0 amide bonds. The number of likely N-dealkylation sites (N-methyl/N-ethyl adjacent to an activating group) is 1. The molecule has 0 aliphatic rings. The van der Waals surface area contributed by atoms with Gasteiger partial charge in [0.15, 0.2) is 0 Å². The van der Waals surface area contributed by atoms with Crippen LogP contribution in [-0.4, -0.2) is 26.2 Å². The Labute approximate surface area is 142 Å². The van der Waals surface area contributed by atoms with E-state index in [4.69, 9.17) is 4.74 Å². The summed E-state index contributed by atoms with van der Waals surface area (Å²) in [6.45, 7) is 6.10. The maximum atomic E-state index is 11.3. The summed E-state index contributed by atoms with van der Waals surface area (Å²) in [6, 6.07) is 17.3. The highest BCUT2D eigenvalue weighted by molar-refractivity contribution is 5.86. The number of esters is 1. The van der Waals surface area contributed by atoms with Crippen LogP contribution >= 0.6 is 0 Å². The lowest BCUT2D eigenvalue weighted by Gasteiger charge is -2.19. The second-order valence-corrected chi connectivity index (χ2v) is 5.39. The molecule has 0 heterocycles. The Kier molecular flexibility index (Phi) is 6.25. The second kappa shape index (κ2) is 8.62. The molecule has 0 saturated heterocycles. The maximum Gasteiger partial charge on any atom is 0.333 e. The van der Waals surface area contributed by atoms with Gasteiger partial charge in [-0.3, -0.25) is 0 Å². The van der Waals surface area contributed by atoms with E-state index in [-0.39, 0.29) is 5.97 Å². The van der Waals surface area contributed by atoms with Crippen molar-refractivity contribution in [1.29, 1.82) is 0 Å². The third-order valence-corrected chi connectivity index (χ3v) is 3.34. The molecule has 0 atom stereocenters. The minimum absolute atomic E-state index is 0.317. The monoisotopic (exact) mass is 323 g/mol. The highest BCUT2D eigenvalue weighted by atomic mass is 16.5. The van der Waals surface area contributed by atoms with Crippen LogP contribution in [0.5, 0.6) is 0 Å². The summed E-state index contributed by atoms with van der Waals surface area (Å²) < 4.78 is 5.09. The van der Waals surface area contributed by atoms with E-state index in [0.717, 1.165) is 17.1 Å². The van der Waals surface area contributed by atoms with Crippen molar-refractivity contribution in [2.75, 3.05) is 25.1 Å². The van der Waals surface area contributed by atoms with Crippen LogP contribution in [0.3, 0.4) is 0 Å². The molecule has 5 heteroatoms. The number of benzene rings is 2. The smallest absolute Gasteiger partial charge is 0.333 e. The van der Waals surface area contributed by atoms with Gasteiger partial charge in [0.2, 0.25) is 0 Å². The molecule has 0 N–H and O–H groups in total. The lowest BCUT2D eigenvalue weighted by Crippen LogP contribution is -2.23. The van der Waals surface area contributed by atoms with Gasteiger partial charge in [-0.05, 0) is 43.3 Å². The van der Waals surface area contributed by atoms with Crippen molar-refractivity contribution in [2.24, 2.45) is 10.2 Å². The van der Waals surface area contributed by atoms with Gasteiger partial charge in [-0.2, -0.15) is 10.2 Å². The van der Waals surface area contributed by atoms with Crippen molar-refractivity contribution >= 4 is 23.0 Å². The molecule has 2 aromatic rings. The molecule has 0 aliphatic heterocycles. The van der Waals surface area contributed by atoms with E-state index in [0.29, 0.717) is 18.7 Å². The van der Waals surface area contributed by atoms with Crippen LogP contribution in [0.15, 0.2) is 77.0 Å². The van der Waals surface area contributed by atoms with Gasteiger partial charge in [-0.25, -0.2) is 4.79 Å². The predicted octanol–water partition coefficient (Wildman–Crippen LogP) is 4.66. The van der Waals surface area contributed by atoms with Crippen molar-refractivity contribution < 1.29 is 9.53 Å². The molecule has 2 aromatic carbocycles. The fraction of sp³-hybridized carbons (Fsp3) is 0.211. The van der Waals surface area contributed by atoms with Crippen LogP contribution in [0, 0.1) is 0 Å². The average molecular weight is 323 g/mol.